The fourth-order valence-corrected chi connectivity index (χ4v) is 16.2. The predicted octanol–water partition coefficient (Wildman–Crippen LogP) is 9.76. The van der Waals surface area contributed by atoms with Gasteiger partial charge in [0.1, 0.15) is 0 Å². The number of carbonyl (C=O) groups excluding carboxylic acids is 1. The number of allylic oxidation sites excluding steroid dienone is 1. The maximum absolute atomic E-state index is 14.1. The molecule has 0 heterocycles. The van der Waals surface area contributed by atoms with Crippen LogP contribution in [0.3, 0.4) is 0 Å². The molecule has 9 aliphatic rings. The zero-order valence-electron chi connectivity index (χ0n) is 29.2. The summed E-state index contributed by atoms with van der Waals surface area (Å²) in [7, 11) is 0. The van der Waals surface area contributed by atoms with Crippen molar-refractivity contribution in [1.29, 1.82) is 0 Å². The largest absolute Gasteiger partial charge is 0.465 e. The Hall–Kier alpha value is -0.830. The van der Waals surface area contributed by atoms with Crippen molar-refractivity contribution >= 4 is 5.97 Å². The van der Waals surface area contributed by atoms with E-state index in [4.69, 9.17) is 4.74 Å². The Morgan fingerprint density at radius 2 is 1.43 bits per heavy atom. The highest BCUT2D eigenvalue weighted by Gasteiger charge is 2.71. The van der Waals surface area contributed by atoms with Crippen molar-refractivity contribution in [3.05, 3.63) is 12.2 Å². The second-order valence-corrected chi connectivity index (χ2v) is 20.2. The molecular formula is C41H64O3. The topological polar surface area (TPSA) is 46.5 Å². The maximum atomic E-state index is 14.1. The molecule has 0 amide bonds. The van der Waals surface area contributed by atoms with E-state index in [9.17, 15) is 9.90 Å². The molecule has 3 nitrogen and oxygen atoms in total. The second kappa shape index (κ2) is 9.63. The van der Waals surface area contributed by atoms with Crippen LogP contribution in [0.2, 0.25) is 0 Å². The van der Waals surface area contributed by atoms with Gasteiger partial charge in [-0.1, -0.05) is 46.8 Å². The Morgan fingerprint density at radius 3 is 2.07 bits per heavy atom. The molecule has 0 aromatic heterocycles. The number of ether oxygens (including phenoxy) is 1. The van der Waals surface area contributed by atoms with Crippen LogP contribution in [0.4, 0.5) is 0 Å². The minimum Gasteiger partial charge on any atom is -0.465 e. The summed E-state index contributed by atoms with van der Waals surface area (Å²) < 4.78 is 6.67. The van der Waals surface area contributed by atoms with Crippen molar-refractivity contribution in [2.75, 3.05) is 6.61 Å². The highest BCUT2D eigenvalue weighted by atomic mass is 16.5. The first kappa shape index (κ1) is 30.5. The monoisotopic (exact) mass is 604 g/mol. The van der Waals surface area contributed by atoms with Crippen LogP contribution in [0.5, 0.6) is 0 Å². The second-order valence-electron chi connectivity index (χ2n) is 20.2. The number of fused-ring (bicyclic) bond motifs is 7. The van der Waals surface area contributed by atoms with E-state index in [2.05, 4.69) is 48.1 Å². The Balaban J connectivity index is 1.08. The normalized spacial score (nSPS) is 56.7. The third kappa shape index (κ3) is 3.86. The first-order chi connectivity index (χ1) is 20.7. The van der Waals surface area contributed by atoms with Gasteiger partial charge in [-0.15, -0.1) is 0 Å². The first-order valence-electron chi connectivity index (χ1n) is 19.2. The number of rotatable bonds is 4. The number of aliphatic hydroxyl groups is 1. The minimum absolute atomic E-state index is 0.00484. The summed E-state index contributed by atoms with van der Waals surface area (Å²) in [6.45, 7) is 20.4. The molecule has 44 heavy (non-hydrogen) atoms. The van der Waals surface area contributed by atoms with Crippen LogP contribution in [0.25, 0.3) is 0 Å². The fraction of sp³-hybridized carbons (Fsp3) is 0.927. The number of carbonyl (C=O) groups is 1. The molecule has 4 bridgehead atoms. The summed E-state index contributed by atoms with van der Waals surface area (Å²) in [5.74, 6) is 5.71. The van der Waals surface area contributed by atoms with Gasteiger partial charge in [0.05, 0.1) is 18.1 Å². The number of aliphatic hydroxyl groups excluding tert-OH is 1. The van der Waals surface area contributed by atoms with E-state index in [0.29, 0.717) is 46.5 Å². The van der Waals surface area contributed by atoms with Gasteiger partial charge in [-0.25, -0.2) is 0 Å². The number of hydrogen-bond acceptors (Lipinski definition) is 3. The molecule has 0 aromatic carbocycles. The van der Waals surface area contributed by atoms with Crippen molar-refractivity contribution in [1.82, 2.24) is 0 Å². The molecule has 0 radical (unpaired) electrons. The van der Waals surface area contributed by atoms with Crippen molar-refractivity contribution in [2.45, 2.75) is 150 Å². The van der Waals surface area contributed by atoms with Gasteiger partial charge in [0, 0.05) is 5.41 Å². The summed E-state index contributed by atoms with van der Waals surface area (Å²) in [6, 6.07) is 0. The van der Waals surface area contributed by atoms with E-state index in [-0.39, 0.29) is 28.3 Å². The van der Waals surface area contributed by atoms with E-state index in [1.165, 1.54) is 82.6 Å². The Bertz CT molecular complexity index is 1180. The SMILES string of the molecule is C=C(C)[C@@H]1CC[C@]2(COC(=O)C34CC5CC(CC(C5)C3)C4)CC[C@]3(C)[C@H](CC[C@@H]4[C@@]5(C)CC[C@H](O)C(C)(C)[C@@H]5CC[C@]43C)[C@@H]12. The van der Waals surface area contributed by atoms with Gasteiger partial charge in [0.2, 0.25) is 0 Å². The Kier molecular flexibility index (Phi) is 6.67. The smallest absolute Gasteiger partial charge is 0.312 e. The predicted molar refractivity (Wildman–Crippen MR) is 177 cm³/mol. The van der Waals surface area contributed by atoms with Crippen LogP contribution >= 0.6 is 0 Å². The van der Waals surface area contributed by atoms with E-state index in [1.807, 2.05) is 0 Å². The molecule has 0 spiro atoms. The van der Waals surface area contributed by atoms with Gasteiger partial charge in [-0.2, -0.15) is 0 Å². The van der Waals surface area contributed by atoms with Crippen LogP contribution in [-0.2, 0) is 9.53 Å². The molecule has 10 atom stereocenters. The molecule has 9 rings (SSSR count). The summed E-state index contributed by atoms with van der Waals surface area (Å²) in [5.41, 5.74) is 2.30. The molecule has 9 fully saturated rings. The lowest BCUT2D eigenvalue weighted by atomic mass is 9.32. The van der Waals surface area contributed by atoms with Crippen LogP contribution < -0.4 is 0 Å². The van der Waals surface area contributed by atoms with E-state index < -0.39 is 0 Å². The van der Waals surface area contributed by atoms with Gasteiger partial charge in [-0.3, -0.25) is 4.79 Å². The third-order valence-corrected chi connectivity index (χ3v) is 18.2. The summed E-state index contributed by atoms with van der Waals surface area (Å²) in [5, 5.41) is 11.1. The Morgan fingerprint density at radius 1 is 0.773 bits per heavy atom. The highest BCUT2D eigenvalue weighted by molar-refractivity contribution is 5.77. The highest BCUT2D eigenvalue weighted by Crippen LogP contribution is 2.77. The lowest BCUT2D eigenvalue weighted by Gasteiger charge is -2.73. The van der Waals surface area contributed by atoms with E-state index in [0.717, 1.165) is 49.4 Å². The lowest BCUT2D eigenvalue weighted by Crippen LogP contribution is -2.66. The van der Waals surface area contributed by atoms with Crippen molar-refractivity contribution in [2.24, 2.45) is 79.8 Å². The lowest BCUT2D eigenvalue weighted by molar-refractivity contribution is -0.250. The molecule has 9 aliphatic carbocycles. The summed E-state index contributed by atoms with van der Waals surface area (Å²) in [4.78, 5) is 14.1. The summed E-state index contributed by atoms with van der Waals surface area (Å²) >= 11 is 0. The molecular weight excluding hydrogens is 540 g/mol. The zero-order chi connectivity index (χ0) is 31.1. The number of hydrogen-bond donors (Lipinski definition) is 1. The fourth-order valence-electron chi connectivity index (χ4n) is 16.2. The molecule has 3 heteroatoms. The van der Waals surface area contributed by atoms with Crippen LogP contribution in [0.1, 0.15) is 144 Å². The third-order valence-electron chi connectivity index (χ3n) is 18.2. The van der Waals surface area contributed by atoms with Gasteiger partial charge in [0.25, 0.3) is 0 Å². The quantitative estimate of drug-likeness (QED) is 0.257. The standard InChI is InChI=1S/C41H64O3/c1-25(2)29-10-15-40(24-44-35(43)41-21-26-18-27(22-41)20-28(19-26)23-41)17-16-38(6)30(34(29)40)8-9-32-37(5)13-12-33(42)36(3,4)31(37)11-14-39(32,38)7/h26-34,42H,1,8-24H2,2-7H3/t26?,27?,28?,29-,30+,31-,32+,33-,34+,37-,38+,39+,40+,41?/m0/s1. The van der Waals surface area contributed by atoms with Crippen LogP contribution in [-0.4, -0.2) is 23.8 Å². The van der Waals surface area contributed by atoms with E-state index >= 15 is 0 Å². The molecule has 0 aromatic rings. The summed E-state index contributed by atoms with van der Waals surface area (Å²) in [6.07, 6.45) is 19.6. The van der Waals surface area contributed by atoms with Gasteiger partial charge < -0.3 is 9.84 Å². The van der Waals surface area contributed by atoms with Crippen LogP contribution in [0.15, 0.2) is 12.2 Å². The molecule has 9 saturated carbocycles. The van der Waals surface area contributed by atoms with Crippen molar-refractivity contribution < 1.29 is 14.6 Å². The maximum Gasteiger partial charge on any atom is 0.312 e. The average Bonchev–Trinajstić information content (AvgIpc) is 3.34. The van der Waals surface area contributed by atoms with Crippen molar-refractivity contribution in [3.8, 4) is 0 Å². The van der Waals surface area contributed by atoms with E-state index in [1.54, 1.807) is 0 Å². The van der Waals surface area contributed by atoms with Gasteiger partial charge in [-0.05, 0) is 179 Å². The Labute approximate surface area is 269 Å². The zero-order valence-corrected chi connectivity index (χ0v) is 29.2. The molecule has 246 valence electrons. The average molecular weight is 605 g/mol. The molecule has 0 aliphatic heterocycles. The molecule has 0 saturated heterocycles. The first-order valence-corrected chi connectivity index (χ1v) is 19.2. The molecule has 0 unspecified atom stereocenters. The van der Waals surface area contributed by atoms with Crippen LogP contribution in [0, 0.1) is 79.8 Å². The molecule has 1 N–H and O–H groups in total. The van der Waals surface area contributed by atoms with Gasteiger partial charge >= 0.3 is 5.97 Å². The van der Waals surface area contributed by atoms with Gasteiger partial charge in [0.15, 0.2) is 0 Å². The number of esters is 1. The minimum atomic E-state index is -0.164. The van der Waals surface area contributed by atoms with Crippen molar-refractivity contribution in [3.63, 3.8) is 0 Å².